The predicted molar refractivity (Wildman–Crippen MR) is 84.7 cm³/mol. The fourth-order valence-electron chi connectivity index (χ4n) is 2.94. The molecule has 22 heavy (non-hydrogen) atoms. The molecule has 0 amide bonds. The first-order chi connectivity index (χ1) is 10.6. The molecule has 1 heterocycles. The maximum Gasteiger partial charge on any atom is 0.344 e. The van der Waals surface area contributed by atoms with E-state index in [2.05, 4.69) is 5.16 Å². The van der Waals surface area contributed by atoms with Gasteiger partial charge in [0, 0.05) is 6.42 Å². The fourth-order valence-corrected chi connectivity index (χ4v) is 2.94. The smallest absolute Gasteiger partial charge is 0.344 e. The molecule has 2 aliphatic rings. The molecule has 0 fully saturated rings. The van der Waals surface area contributed by atoms with E-state index in [0.717, 1.165) is 32.1 Å². The quantitative estimate of drug-likeness (QED) is 0.363. The largest absolute Gasteiger partial charge is 0.511 e. The van der Waals surface area contributed by atoms with Crippen LogP contribution in [-0.4, -0.2) is 29.0 Å². The Morgan fingerprint density at radius 1 is 1.45 bits per heavy atom. The van der Waals surface area contributed by atoms with Crippen LogP contribution >= 0.6 is 0 Å². The van der Waals surface area contributed by atoms with Gasteiger partial charge in [0.05, 0.1) is 5.71 Å². The minimum atomic E-state index is -0.690. The Balaban J connectivity index is 2.30. The van der Waals surface area contributed by atoms with E-state index in [9.17, 15) is 9.90 Å². The SMILES string of the molecule is CCC/C(=N\OCC)C1=C(O)CC2(C=CCCCC2)OC1=O. The maximum atomic E-state index is 12.5. The van der Waals surface area contributed by atoms with Crippen molar-refractivity contribution in [3.8, 4) is 0 Å². The van der Waals surface area contributed by atoms with Crippen LogP contribution in [0, 0.1) is 0 Å². The zero-order valence-electron chi connectivity index (χ0n) is 13.4. The molecule has 1 aliphatic heterocycles. The minimum Gasteiger partial charge on any atom is -0.511 e. The van der Waals surface area contributed by atoms with Crippen LogP contribution in [0.3, 0.4) is 0 Å². The number of oxime groups is 1. The molecule has 1 atom stereocenters. The summed E-state index contributed by atoms with van der Waals surface area (Å²) in [7, 11) is 0. The van der Waals surface area contributed by atoms with Gasteiger partial charge < -0.3 is 14.7 Å². The number of esters is 1. The summed E-state index contributed by atoms with van der Waals surface area (Å²) < 4.78 is 5.71. The van der Waals surface area contributed by atoms with Crippen molar-refractivity contribution in [2.75, 3.05) is 6.61 Å². The van der Waals surface area contributed by atoms with Crippen molar-refractivity contribution < 1.29 is 19.5 Å². The maximum absolute atomic E-state index is 12.5. The molecule has 0 aromatic carbocycles. The zero-order chi connectivity index (χ0) is 16.0. The van der Waals surface area contributed by atoms with Crippen molar-refractivity contribution in [2.45, 2.75) is 64.4 Å². The van der Waals surface area contributed by atoms with Gasteiger partial charge in [-0.25, -0.2) is 4.79 Å². The Morgan fingerprint density at radius 2 is 2.27 bits per heavy atom. The molecule has 0 aromatic rings. The molecule has 5 nitrogen and oxygen atoms in total. The molecule has 0 saturated heterocycles. The Hall–Kier alpha value is -1.78. The average molecular weight is 307 g/mol. The molecular weight excluding hydrogens is 282 g/mol. The molecule has 0 bridgehead atoms. The Kier molecular flexibility index (Phi) is 5.63. The van der Waals surface area contributed by atoms with E-state index < -0.39 is 11.6 Å². The summed E-state index contributed by atoms with van der Waals surface area (Å²) in [6, 6.07) is 0. The van der Waals surface area contributed by atoms with Crippen LogP contribution in [0.15, 0.2) is 28.6 Å². The number of nitrogens with zero attached hydrogens (tertiary/aromatic N) is 1. The molecule has 1 N–H and O–H groups in total. The average Bonchev–Trinajstić information content (AvgIpc) is 2.69. The van der Waals surface area contributed by atoms with Gasteiger partial charge in [-0.15, -0.1) is 0 Å². The molecule has 0 saturated carbocycles. The van der Waals surface area contributed by atoms with Crippen LogP contribution in [0.25, 0.3) is 0 Å². The van der Waals surface area contributed by atoms with Crippen LogP contribution in [-0.2, 0) is 14.4 Å². The number of hydrogen-bond donors (Lipinski definition) is 1. The first-order valence-electron chi connectivity index (χ1n) is 8.14. The van der Waals surface area contributed by atoms with Crippen molar-refractivity contribution in [2.24, 2.45) is 5.16 Å². The first-order valence-corrected chi connectivity index (χ1v) is 8.14. The lowest BCUT2D eigenvalue weighted by Crippen LogP contribution is -2.40. The molecule has 1 aliphatic carbocycles. The second kappa shape index (κ2) is 7.47. The summed E-state index contributed by atoms with van der Waals surface area (Å²) in [6.45, 7) is 4.23. The number of allylic oxidation sites excluding steroid dienone is 1. The molecule has 0 radical (unpaired) electrons. The molecular formula is C17H25NO4. The number of carbonyl (C=O) groups is 1. The predicted octanol–water partition coefficient (Wildman–Crippen LogP) is 3.81. The van der Waals surface area contributed by atoms with Crippen LogP contribution in [0.2, 0.25) is 0 Å². The van der Waals surface area contributed by atoms with E-state index in [1.54, 1.807) is 0 Å². The molecule has 1 unspecified atom stereocenters. The standard InChI is InChI=1S/C17H25NO4/c1-3-9-13(18-21-4-2)15-14(19)12-17(22-16(15)20)10-7-5-6-8-11-17/h7,10,19H,3-6,8-9,11-12H2,1-2H3/b18-13+. The normalized spacial score (nSPS) is 26.1. The van der Waals surface area contributed by atoms with Gasteiger partial charge in [0.25, 0.3) is 0 Å². The number of aliphatic hydroxyl groups is 1. The Bertz CT molecular complexity index is 507. The Labute approximate surface area is 131 Å². The van der Waals surface area contributed by atoms with E-state index in [0.29, 0.717) is 25.2 Å². The monoisotopic (exact) mass is 307 g/mol. The summed E-state index contributed by atoms with van der Waals surface area (Å²) in [6.07, 6.45) is 9.47. The van der Waals surface area contributed by atoms with Crippen molar-refractivity contribution in [1.29, 1.82) is 0 Å². The van der Waals surface area contributed by atoms with Gasteiger partial charge in [0.2, 0.25) is 0 Å². The van der Waals surface area contributed by atoms with E-state index in [1.807, 2.05) is 26.0 Å². The number of rotatable bonds is 5. The van der Waals surface area contributed by atoms with E-state index in [-0.39, 0.29) is 11.3 Å². The number of aliphatic hydroxyl groups excluding tert-OH is 1. The fraction of sp³-hybridized carbons (Fsp3) is 0.647. The summed E-state index contributed by atoms with van der Waals surface area (Å²) in [5, 5.41) is 14.4. The van der Waals surface area contributed by atoms with E-state index in [1.165, 1.54) is 0 Å². The Morgan fingerprint density at radius 3 is 2.95 bits per heavy atom. The van der Waals surface area contributed by atoms with Gasteiger partial charge in [0.1, 0.15) is 23.5 Å². The molecule has 122 valence electrons. The van der Waals surface area contributed by atoms with Crippen LogP contribution in [0.4, 0.5) is 0 Å². The topological polar surface area (TPSA) is 68.1 Å². The summed E-state index contributed by atoms with van der Waals surface area (Å²) in [5.74, 6) is -0.433. The highest BCUT2D eigenvalue weighted by Crippen LogP contribution is 2.37. The van der Waals surface area contributed by atoms with Gasteiger partial charge >= 0.3 is 5.97 Å². The van der Waals surface area contributed by atoms with Gasteiger partial charge in [-0.05, 0) is 45.1 Å². The third-order valence-corrected chi connectivity index (χ3v) is 3.98. The summed E-state index contributed by atoms with van der Waals surface area (Å²) >= 11 is 0. The second-order valence-corrected chi connectivity index (χ2v) is 5.81. The van der Waals surface area contributed by atoms with Crippen molar-refractivity contribution >= 4 is 11.7 Å². The van der Waals surface area contributed by atoms with Gasteiger partial charge in [-0.3, -0.25) is 0 Å². The number of ether oxygens (including phenoxy) is 1. The lowest BCUT2D eigenvalue weighted by atomic mass is 9.87. The highest BCUT2D eigenvalue weighted by Gasteiger charge is 2.41. The second-order valence-electron chi connectivity index (χ2n) is 5.81. The van der Waals surface area contributed by atoms with E-state index >= 15 is 0 Å². The highest BCUT2D eigenvalue weighted by atomic mass is 16.6. The molecule has 0 aromatic heterocycles. The van der Waals surface area contributed by atoms with Crippen LogP contribution in [0.1, 0.15) is 58.8 Å². The highest BCUT2D eigenvalue weighted by molar-refractivity contribution is 6.20. The molecule has 1 spiro atoms. The van der Waals surface area contributed by atoms with Crippen molar-refractivity contribution in [1.82, 2.24) is 0 Å². The third kappa shape index (κ3) is 3.70. The number of hydrogen-bond acceptors (Lipinski definition) is 5. The van der Waals surface area contributed by atoms with Gasteiger partial charge in [0.15, 0.2) is 0 Å². The van der Waals surface area contributed by atoms with E-state index in [4.69, 9.17) is 9.57 Å². The minimum absolute atomic E-state index is 0.0645. The summed E-state index contributed by atoms with van der Waals surface area (Å²) in [4.78, 5) is 17.5. The molecule has 2 rings (SSSR count). The first kappa shape index (κ1) is 16.6. The third-order valence-electron chi connectivity index (χ3n) is 3.98. The van der Waals surface area contributed by atoms with Crippen LogP contribution < -0.4 is 0 Å². The lowest BCUT2D eigenvalue weighted by molar-refractivity contribution is -0.153. The van der Waals surface area contributed by atoms with Gasteiger partial charge in [-0.1, -0.05) is 24.6 Å². The van der Waals surface area contributed by atoms with Gasteiger partial charge in [-0.2, -0.15) is 0 Å². The van der Waals surface area contributed by atoms with Crippen molar-refractivity contribution in [3.63, 3.8) is 0 Å². The molecule has 5 heteroatoms. The van der Waals surface area contributed by atoms with Crippen LogP contribution in [0.5, 0.6) is 0 Å². The number of carbonyl (C=O) groups excluding carboxylic acids is 1. The zero-order valence-corrected chi connectivity index (χ0v) is 13.4. The summed E-state index contributed by atoms with van der Waals surface area (Å²) in [5.41, 5.74) is -0.0396. The van der Waals surface area contributed by atoms with Crippen molar-refractivity contribution in [3.05, 3.63) is 23.5 Å². The lowest BCUT2D eigenvalue weighted by Gasteiger charge is -2.34.